The summed E-state index contributed by atoms with van der Waals surface area (Å²) in [5.41, 5.74) is 3.52. The zero-order valence-electron chi connectivity index (χ0n) is 12.8. The molecule has 0 heterocycles. The van der Waals surface area contributed by atoms with Crippen molar-refractivity contribution in [2.24, 2.45) is 0 Å². The zero-order chi connectivity index (χ0) is 16.4. The molecule has 2 aromatic carbocycles. The highest BCUT2D eigenvalue weighted by Gasteiger charge is 2.22. The first-order valence-corrected chi connectivity index (χ1v) is 8.05. The highest BCUT2D eigenvalue weighted by molar-refractivity contribution is 6.30. The fourth-order valence-electron chi connectivity index (χ4n) is 2.83. The van der Waals surface area contributed by atoms with Crippen LogP contribution in [0.1, 0.15) is 45.2 Å². The summed E-state index contributed by atoms with van der Waals surface area (Å²) in [5.74, 6) is -0.703. The van der Waals surface area contributed by atoms with Gasteiger partial charge in [-0.15, -0.1) is 0 Å². The largest absolute Gasteiger partial charge is 0.451 e. The monoisotopic (exact) mass is 328 g/mol. The zero-order valence-corrected chi connectivity index (χ0v) is 13.6. The minimum atomic E-state index is -0.822. The van der Waals surface area contributed by atoms with Crippen molar-refractivity contribution in [1.29, 1.82) is 0 Å². The van der Waals surface area contributed by atoms with Gasteiger partial charge in [-0.1, -0.05) is 23.7 Å². The van der Waals surface area contributed by atoms with E-state index in [-0.39, 0.29) is 5.78 Å². The van der Waals surface area contributed by atoms with E-state index in [2.05, 4.69) is 0 Å². The normalized spacial score (nSPS) is 14.2. The summed E-state index contributed by atoms with van der Waals surface area (Å²) in [6, 6.07) is 12.1. The van der Waals surface area contributed by atoms with Gasteiger partial charge in [0.15, 0.2) is 6.10 Å². The molecule has 0 saturated carbocycles. The van der Waals surface area contributed by atoms with Gasteiger partial charge in [-0.25, -0.2) is 4.79 Å². The molecule has 0 fully saturated rings. The lowest BCUT2D eigenvalue weighted by Gasteiger charge is -2.13. The van der Waals surface area contributed by atoms with Gasteiger partial charge in [0.2, 0.25) is 5.78 Å². The van der Waals surface area contributed by atoms with Gasteiger partial charge < -0.3 is 4.74 Å². The van der Waals surface area contributed by atoms with Crippen LogP contribution >= 0.6 is 11.6 Å². The van der Waals surface area contributed by atoms with E-state index in [1.165, 1.54) is 11.1 Å². The molecule has 3 nitrogen and oxygen atoms in total. The Kier molecular flexibility index (Phi) is 4.49. The number of esters is 1. The van der Waals surface area contributed by atoms with Crippen LogP contribution in [-0.2, 0) is 17.6 Å². The third-order valence-corrected chi connectivity index (χ3v) is 4.37. The van der Waals surface area contributed by atoms with E-state index in [1.54, 1.807) is 31.2 Å². The fourth-order valence-corrected chi connectivity index (χ4v) is 2.95. The Balaban J connectivity index is 1.70. The van der Waals surface area contributed by atoms with Crippen LogP contribution in [0.25, 0.3) is 0 Å². The van der Waals surface area contributed by atoms with Gasteiger partial charge in [0, 0.05) is 10.6 Å². The average molecular weight is 329 g/mol. The molecular weight excluding hydrogens is 312 g/mol. The number of Topliss-reactive ketones (excluding diaryl/α,β-unsaturated/α-hetero) is 1. The highest BCUT2D eigenvalue weighted by Crippen LogP contribution is 2.23. The Hall–Kier alpha value is -2.13. The maximum atomic E-state index is 12.5. The Morgan fingerprint density at radius 2 is 1.65 bits per heavy atom. The number of ketones is 1. The molecule has 0 spiro atoms. The molecule has 0 aromatic heterocycles. The average Bonchev–Trinajstić information content (AvgIpc) is 3.02. The maximum absolute atomic E-state index is 12.5. The summed E-state index contributed by atoms with van der Waals surface area (Å²) in [5, 5.41) is 0.545. The Morgan fingerprint density at radius 3 is 2.39 bits per heavy atom. The molecule has 0 aliphatic heterocycles. The van der Waals surface area contributed by atoms with E-state index in [0.29, 0.717) is 16.1 Å². The summed E-state index contributed by atoms with van der Waals surface area (Å²) in [6.07, 6.45) is 2.40. The number of hydrogen-bond donors (Lipinski definition) is 0. The first kappa shape index (κ1) is 15.8. The minimum Gasteiger partial charge on any atom is -0.451 e. The van der Waals surface area contributed by atoms with Gasteiger partial charge in [0.05, 0.1) is 5.56 Å². The molecule has 23 heavy (non-hydrogen) atoms. The second kappa shape index (κ2) is 6.55. The molecule has 4 heteroatoms. The van der Waals surface area contributed by atoms with Crippen LogP contribution in [0.3, 0.4) is 0 Å². The topological polar surface area (TPSA) is 43.4 Å². The van der Waals surface area contributed by atoms with E-state index in [9.17, 15) is 9.59 Å². The minimum absolute atomic E-state index is 0.179. The second-order valence-corrected chi connectivity index (χ2v) is 6.19. The number of hydrogen-bond acceptors (Lipinski definition) is 3. The van der Waals surface area contributed by atoms with E-state index < -0.39 is 12.1 Å². The molecule has 0 radical (unpaired) electrons. The summed E-state index contributed by atoms with van der Waals surface area (Å²) in [7, 11) is 0. The van der Waals surface area contributed by atoms with Gasteiger partial charge in [0.1, 0.15) is 0 Å². The Morgan fingerprint density at radius 1 is 1.00 bits per heavy atom. The molecule has 0 saturated heterocycles. The van der Waals surface area contributed by atoms with Crippen LogP contribution in [0.4, 0.5) is 0 Å². The van der Waals surface area contributed by atoms with Crippen molar-refractivity contribution in [3.63, 3.8) is 0 Å². The van der Waals surface area contributed by atoms with Crippen molar-refractivity contribution in [2.75, 3.05) is 0 Å². The van der Waals surface area contributed by atoms with Gasteiger partial charge in [-0.05, 0) is 67.6 Å². The molecule has 1 aliphatic carbocycles. The number of halogens is 1. The molecule has 3 rings (SSSR count). The SMILES string of the molecule is C[C@H](OC(=O)c1ccc(Cl)cc1)C(=O)c1ccc2c(c1)CCC2. The smallest absolute Gasteiger partial charge is 0.338 e. The maximum Gasteiger partial charge on any atom is 0.338 e. The second-order valence-electron chi connectivity index (χ2n) is 5.76. The summed E-state index contributed by atoms with van der Waals surface area (Å²) >= 11 is 5.79. The van der Waals surface area contributed by atoms with Crippen molar-refractivity contribution in [1.82, 2.24) is 0 Å². The van der Waals surface area contributed by atoms with Gasteiger partial charge in [-0.2, -0.15) is 0 Å². The molecular formula is C19H17ClO3. The molecule has 118 valence electrons. The number of aryl methyl sites for hydroxylation is 2. The third kappa shape index (κ3) is 3.45. The summed E-state index contributed by atoms with van der Waals surface area (Å²) in [4.78, 5) is 24.5. The van der Waals surface area contributed by atoms with Crippen molar-refractivity contribution in [3.8, 4) is 0 Å². The number of rotatable bonds is 4. The molecule has 0 amide bonds. The highest BCUT2D eigenvalue weighted by atomic mass is 35.5. The fraction of sp³-hybridized carbons (Fsp3) is 0.263. The Bertz CT molecular complexity index is 750. The van der Waals surface area contributed by atoms with Gasteiger partial charge in [0.25, 0.3) is 0 Å². The molecule has 1 aliphatic rings. The quantitative estimate of drug-likeness (QED) is 0.622. The lowest BCUT2D eigenvalue weighted by atomic mass is 10.0. The van der Waals surface area contributed by atoms with Crippen molar-refractivity contribution >= 4 is 23.4 Å². The lowest BCUT2D eigenvalue weighted by Crippen LogP contribution is -2.24. The number of ether oxygens (including phenoxy) is 1. The van der Waals surface area contributed by atoms with Crippen LogP contribution in [0.2, 0.25) is 5.02 Å². The van der Waals surface area contributed by atoms with E-state index >= 15 is 0 Å². The van der Waals surface area contributed by atoms with Crippen LogP contribution in [0, 0.1) is 0 Å². The third-order valence-electron chi connectivity index (χ3n) is 4.12. The van der Waals surface area contributed by atoms with Crippen molar-refractivity contribution in [2.45, 2.75) is 32.3 Å². The molecule has 2 aromatic rings. The van der Waals surface area contributed by atoms with E-state index in [1.807, 2.05) is 18.2 Å². The van der Waals surface area contributed by atoms with Crippen LogP contribution in [0.15, 0.2) is 42.5 Å². The van der Waals surface area contributed by atoms with E-state index in [4.69, 9.17) is 16.3 Å². The predicted octanol–water partition coefficient (Wildman–Crippen LogP) is 4.26. The Labute approximate surface area is 140 Å². The van der Waals surface area contributed by atoms with Crippen LogP contribution in [0.5, 0.6) is 0 Å². The number of carbonyl (C=O) groups is 2. The first-order valence-electron chi connectivity index (χ1n) is 7.67. The molecule has 1 atom stereocenters. The van der Waals surface area contributed by atoms with Crippen LogP contribution in [-0.4, -0.2) is 17.9 Å². The standard InChI is InChI=1S/C19H17ClO3/c1-12(23-19(22)14-7-9-17(20)10-8-14)18(21)16-6-5-13-3-2-4-15(13)11-16/h5-12H,2-4H2,1H3/t12-/m0/s1. The van der Waals surface area contributed by atoms with Crippen LogP contribution < -0.4 is 0 Å². The molecule has 0 bridgehead atoms. The van der Waals surface area contributed by atoms with Gasteiger partial charge >= 0.3 is 5.97 Å². The number of carbonyl (C=O) groups excluding carboxylic acids is 2. The van der Waals surface area contributed by atoms with Crippen molar-refractivity contribution < 1.29 is 14.3 Å². The number of benzene rings is 2. The summed E-state index contributed by atoms with van der Waals surface area (Å²) in [6.45, 7) is 1.60. The molecule has 0 unspecified atom stereocenters. The summed E-state index contributed by atoms with van der Waals surface area (Å²) < 4.78 is 5.28. The number of fused-ring (bicyclic) bond motifs is 1. The first-order chi connectivity index (χ1) is 11.0. The lowest BCUT2D eigenvalue weighted by molar-refractivity contribution is 0.0319. The van der Waals surface area contributed by atoms with Gasteiger partial charge in [-0.3, -0.25) is 4.79 Å². The van der Waals surface area contributed by atoms with E-state index in [0.717, 1.165) is 19.3 Å². The predicted molar refractivity (Wildman–Crippen MR) is 89.1 cm³/mol. The molecule has 0 N–H and O–H groups in total. The van der Waals surface area contributed by atoms with Crippen molar-refractivity contribution in [3.05, 3.63) is 69.7 Å².